The van der Waals surface area contributed by atoms with Crippen LogP contribution in [0.3, 0.4) is 0 Å². The van der Waals surface area contributed by atoms with E-state index < -0.39 is 4.92 Å². The Morgan fingerprint density at radius 1 is 1.14 bits per heavy atom. The Labute approximate surface area is 121 Å². The fourth-order valence-electron chi connectivity index (χ4n) is 1.76. The first-order valence-corrected chi connectivity index (χ1v) is 6.26. The molecule has 6 nitrogen and oxygen atoms in total. The lowest BCUT2D eigenvalue weighted by Crippen LogP contribution is -2.22. The first kappa shape index (κ1) is 14.5. The van der Waals surface area contributed by atoms with Gasteiger partial charge in [0.1, 0.15) is 5.75 Å². The predicted molar refractivity (Wildman–Crippen MR) is 77.3 cm³/mol. The summed E-state index contributed by atoms with van der Waals surface area (Å²) in [5.74, 6) is 0.470. The first-order valence-electron chi connectivity index (χ1n) is 6.26. The minimum absolute atomic E-state index is 0.0280. The van der Waals surface area contributed by atoms with Crippen LogP contribution in [0.25, 0.3) is 0 Å². The van der Waals surface area contributed by atoms with Crippen LogP contribution in [0.15, 0.2) is 48.5 Å². The van der Waals surface area contributed by atoms with E-state index in [1.807, 2.05) is 0 Å². The van der Waals surface area contributed by atoms with Gasteiger partial charge >= 0.3 is 0 Å². The molecule has 0 aliphatic heterocycles. The smallest absolute Gasteiger partial charge is 0.269 e. The van der Waals surface area contributed by atoms with E-state index in [0.29, 0.717) is 17.9 Å². The number of hydrogen-bond acceptors (Lipinski definition) is 4. The number of methoxy groups -OCH3 is 1. The second-order valence-corrected chi connectivity index (χ2v) is 4.33. The standard InChI is InChI=1S/C15H14N2O4/c1-21-14-8-4-12(5-9-14)15(18)16-10-11-2-6-13(7-3-11)17(19)20/h2-9H,10H2,1H3,(H,16,18). The van der Waals surface area contributed by atoms with Gasteiger partial charge in [-0.2, -0.15) is 0 Å². The van der Waals surface area contributed by atoms with E-state index in [1.165, 1.54) is 12.1 Å². The molecule has 2 aromatic rings. The highest BCUT2D eigenvalue weighted by molar-refractivity contribution is 5.94. The maximum absolute atomic E-state index is 11.9. The van der Waals surface area contributed by atoms with Crippen LogP contribution < -0.4 is 10.1 Å². The van der Waals surface area contributed by atoms with Crippen LogP contribution in [0, 0.1) is 10.1 Å². The van der Waals surface area contributed by atoms with Gasteiger partial charge in [0.15, 0.2) is 0 Å². The number of nitrogens with one attached hydrogen (secondary N) is 1. The molecule has 0 fully saturated rings. The van der Waals surface area contributed by atoms with Gasteiger partial charge < -0.3 is 10.1 Å². The minimum atomic E-state index is -0.459. The average Bonchev–Trinajstić information content (AvgIpc) is 2.53. The van der Waals surface area contributed by atoms with Crippen molar-refractivity contribution in [1.29, 1.82) is 0 Å². The number of rotatable bonds is 5. The number of nitro groups is 1. The molecule has 0 unspecified atom stereocenters. The summed E-state index contributed by atoms with van der Waals surface area (Å²) < 4.78 is 5.02. The van der Waals surface area contributed by atoms with Crippen molar-refractivity contribution in [2.45, 2.75) is 6.54 Å². The molecule has 0 aliphatic rings. The molecule has 2 aromatic carbocycles. The Hall–Kier alpha value is -2.89. The number of carbonyl (C=O) groups excluding carboxylic acids is 1. The van der Waals surface area contributed by atoms with E-state index in [0.717, 1.165) is 5.56 Å². The molecule has 1 amide bonds. The zero-order chi connectivity index (χ0) is 15.2. The van der Waals surface area contributed by atoms with E-state index in [4.69, 9.17) is 4.74 Å². The Kier molecular flexibility index (Phi) is 4.50. The van der Waals surface area contributed by atoms with Crippen molar-refractivity contribution in [2.75, 3.05) is 7.11 Å². The second-order valence-electron chi connectivity index (χ2n) is 4.33. The van der Waals surface area contributed by atoms with Crippen LogP contribution in [-0.2, 0) is 6.54 Å². The van der Waals surface area contributed by atoms with Crippen molar-refractivity contribution in [3.05, 3.63) is 69.8 Å². The number of benzene rings is 2. The second kappa shape index (κ2) is 6.51. The Morgan fingerprint density at radius 2 is 1.76 bits per heavy atom. The van der Waals surface area contributed by atoms with Gasteiger partial charge in [-0.3, -0.25) is 14.9 Å². The molecule has 0 radical (unpaired) electrons. The fraction of sp³-hybridized carbons (Fsp3) is 0.133. The molecule has 21 heavy (non-hydrogen) atoms. The molecular formula is C15H14N2O4. The molecule has 0 atom stereocenters. The van der Waals surface area contributed by atoms with Crippen molar-refractivity contribution >= 4 is 11.6 Å². The number of carbonyl (C=O) groups is 1. The van der Waals surface area contributed by atoms with Gasteiger partial charge in [-0.15, -0.1) is 0 Å². The molecule has 0 spiro atoms. The molecule has 0 saturated carbocycles. The molecule has 0 saturated heterocycles. The van der Waals surface area contributed by atoms with E-state index in [9.17, 15) is 14.9 Å². The summed E-state index contributed by atoms with van der Waals surface area (Å²) in [5, 5.41) is 13.3. The van der Waals surface area contributed by atoms with Gasteiger partial charge in [0.05, 0.1) is 12.0 Å². The van der Waals surface area contributed by atoms with Crippen LogP contribution in [-0.4, -0.2) is 17.9 Å². The van der Waals surface area contributed by atoms with Crippen LogP contribution in [0.4, 0.5) is 5.69 Å². The lowest BCUT2D eigenvalue weighted by Gasteiger charge is -2.06. The number of non-ortho nitro benzene ring substituents is 1. The highest BCUT2D eigenvalue weighted by Gasteiger charge is 2.07. The summed E-state index contributed by atoms with van der Waals surface area (Å²) in [4.78, 5) is 22.0. The first-order chi connectivity index (χ1) is 10.1. The quantitative estimate of drug-likeness (QED) is 0.676. The van der Waals surface area contributed by atoms with Crippen LogP contribution >= 0.6 is 0 Å². The number of hydrogen-bond donors (Lipinski definition) is 1. The van der Waals surface area contributed by atoms with Crippen molar-refractivity contribution in [3.8, 4) is 5.75 Å². The highest BCUT2D eigenvalue weighted by Crippen LogP contribution is 2.13. The zero-order valence-corrected chi connectivity index (χ0v) is 11.4. The zero-order valence-electron chi connectivity index (χ0n) is 11.4. The number of nitrogens with zero attached hydrogens (tertiary/aromatic N) is 1. The largest absolute Gasteiger partial charge is 0.497 e. The SMILES string of the molecule is COc1ccc(C(=O)NCc2ccc([N+](=O)[O-])cc2)cc1. The third-order valence-corrected chi connectivity index (χ3v) is 2.95. The molecule has 2 rings (SSSR count). The summed E-state index contributed by atoms with van der Waals surface area (Å²) in [6, 6.07) is 12.8. The van der Waals surface area contributed by atoms with Gasteiger partial charge in [-0.1, -0.05) is 12.1 Å². The average molecular weight is 286 g/mol. The molecule has 6 heteroatoms. The van der Waals surface area contributed by atoms with Gasteiger partial charge in [0, 0.05) is 24.2 Å². The molecule has 0 bridgehead atoms. The number of nitro benzene ring substituents is 1. The van der Waals surface area contributed by atoms with E-state index in [2.05, 4.69) is 5.32 Å². The highest BCUT2D eigenvalue weighted by atomic mass is 16.6. The molecule has 0 heterocycles. The molecule has 108 valence electrons. The Balaban J connectivity index is 1.95. The minimum Gasteiger partial charge on any atom is -0.497 e. The van der Waals surface area contributed by atoms with Crippen molar-refractivity contribution in [2.24, 2.45) is 0 Å². The normalized spacial score (nSPS) is 9.95. The topological polar surface area (TPSA) is 81.5 Å². The molecular weight excluding hydrogens is 272 g/mol. The summed E-state index contributed by atoms with van der Waals surface area (Å²) in [5.41, 5.74) is 1.35. The molecule has 1 N–H and O–H groups in total. The fourth-order valence-corrected chi connectivity index (χ4v) is 1.76. The maximum atomic E-state index is 11.9. The summed E-state index contributed by atoms with van der Waals surface area (Å²) >= 11 is 0. The van der Waals surface area contributed by atoms with Gasteiger partial charge in [0.2, 0.25) is 0 Å². The predicted octanol–water partition coefficient (Wildman–Crippen LogP) is 2.53. The van der Waals surface area contributed by atoms with Crippen molar-refractivity contribution in [1.82, 2.24) is 5.32 Å². The Morgan fingerprint density at radius 3 is 2.29 bits per heavy atom. The van der Waals surface area contributed by atoms with E-state index in [1.54, 1.807) is 43.5 Å². The van der Waals surface area contributed by atoms with Crippen molar-refractivity contribution < 1.29 is 14.5 Å². The monoisotopic (exact) mass is 286 g/mol. The van der Waals surface area contributed by atoms with Gasteiger partial charge in [-0.25, -0.2) is 0 Å². The lowest BCUT2D eigenvalue weighted by molar-refractivity contribution is -0.384. The number of ether oxygens (including phenoxy) is 1. The lowest BCUT2D eigenvalue weighted by atomic mass is 10.2. The number of amides is 1. The summed E-state index contributed by atoms with van der Waals surface area (Å²) in [6.07, 6.45) is 0. The van der Waals surface area contributed by atoms with Crippen LogP contribution in [0.2, 0.25) is 0 Å². The van der Waals surface area contributed by atoms with Gasteiger partial charge in [0.25, 0.3) is 11.6 Å². The van der Waals surface area contributed by atoms with Crippen LogP contribution in [0.5, 0.6) is 5.75 Å². The van der Waals surface area contributed by atoms with Gasteiger partial charge in [-0.05, 0) is 29.8 Å². The van der Waals surface area contributed by atoms with E-state index in [-0.39, 0.29) is 11.6 Å². The van der Waals surface area contributed by atoms with E-state index >= 15 is 0 Å². The third-order valence-electron chi connectivity index (χ3n) is 2.95. The Bertz CT molecular complexity index is 636. The third kappa shape index (κ3) is 3.79. The molecule has 0 aromatic heterocycles. The molecule has 0 aliphatic carbocycles. The summed E-state index contributed by atoms with van der Waals surface area (Å²) in [7, 11) is 1.56. The van der Waals surface area contributed by atoms with Crippen LogP contribution in [0.1, 0.15) is 15.9 Å². The maximum Gasteiger partial charge on any atom is 0.269 e. The van der Waals surface area contributed by atoms with Crippen molar-refractivity contribution in [3.63, 3.8) is 0 Å². The summed E-state index contributed by atoms with van der Waals surface area (Å²) in [6.45, 7) is 0.308.